The third-order valence-corrected chi connectivity index (χ3v) is 7.58. The summed E-state index contributed by atoms with van der Waals surface area (Å²) in [4.78, 5) is 0. The highest BCUT2D eigenvalue weighted by atomic mass is 32.2. The van der Waals surface area contributed by atoms with Gasteiger partial charge in [-0.1, -0.05) is 18.6 Å². The Hall–Kier alpha value is -1.11. The smallest absolute Gasteiger partial charge is 0.281 e. The van der Waals surface area contributed by atoms with Crippen molar-refractivity contribution >= 4 is 10.2 Å². The molecule has 25 heavy (non-hydrogen) atoms. The lowest BCUT2D eigenvalue weighted by Gasteiger charge is -2.36. The first kappa shape index (κ1) is 18.7. The average Bonchev–Trinajstić information content (AvgIpc) is 2.68. The first-order valence-corrected chi connectivity index (χ1v) is 10.9. The normalized spacial score (nSPS) is 21.3. The summed E-state index contributed by atoms with van der Waals surface area (Å²) in [5.41, 5.74) is 1.32. The van der Waals surface area contributed by atoms with E-state index in [4.69, 9.17) is 4.74 Å². The van der Waals surface area contributed by atoms with Crippen molar-refractivity contribution in [2.75, 3.05) is 33.3 Å². The lowest BCUT2D eigenvalue weighted by atomic mass is 9.91. The summed E-state index contributed by atoms with van der Waals surface area (Å²) in [6.07, 6.45) is 7.28. The predicted octanol–water partition coefficient (Wildman–Crippen LogP) is 3.07. The summed E-state index contributed by atoms with van der Waals surface area (Å²) in [5, 5.41) is 0. The minimum Gasteiger partial charge on any atom is -0.497 e. The van der Waals surface area contributed by atoms with Gasteiger partial charge in [0, 0.05) is 26.2 Å². The number of hydrogen-bond donors (Lipinski definition) is 0. The van der Waals surface area contributed by atoms with Crippen LogP contribution in [0.3, 0.4) is 0 Å². The standard InChI is InChI=1S/C19H30N2O3S/c1-24-19-9-7-17(8-10-19)5-6-18-11-15-21(16-12-18)25(22,23)20-13-3-2-4-14-20/h7-10,18H,2-6,11-16H2,1H3. The van der Waals surface area contributed by atoms with Gasteiger partial charge >= 0.3 is 0 Å². The Kier molecular flexibility index (Phi) is 6.36. The molecule has 1 aromatic carbocycles. The molecule has 0 spiro atoms. The average molecular weight is 367 g/mol. The van der Waals surface area contributed by atoms with Crippen molar-refractivity contribution < 1.29 is 13.2 Å². The van der Waals surface area contributed by atoms with Crippen molar-refractivity contribution in [1.82, 2.24) is 8.61 Å². The molecule has 3 rings (SSSR count). The van der Waals surface area contributed by atoms with Crippen LogP contribution in [0.4, 0.5) is 0 Å². The van der Waals surface area contributed by atoms with Crippen LogP contribution in [0.25, 0.3) is 0 Å². The minimum atomic E-state index is -3.23. The topological polar surface area (TPSA) is 49.9 Å². The molecule has 2 fully saturated rings. The van der Waals surface area contributed by atoms with E-state index in [0.29, 0.717) is 32.1 Å². The van der Waals surface area contributed by atoms with Crippen LogP contribution in [0.15, 0.2) is 24.3 Å². The van der Waals surface area contributed by atoms with Crippen LogP contribution in [0.1, 0.15) is 44.1 Å². The minimum absolute atomic E-state index is 0.620. The zero-order valence-corrected chi connectivity index (χ0v) is 16.0. The highest BCUT2D eigenvalue weighted by molar-refractivity contribution is 7.86. The molecule has 140 valence electrons. The number of nitrogens with zero attached hydrogens (tertiary/aromatic N) is 2. The molecule has 0 radical (unpaired) electrons. The van der Waals surface area contributed by atoms with Crippen LogP contribution in [0.5, 0.6) is 5.75 Å². The lowest BCUT2D eigenvalue weighted by Crippen LogP contribution is -2.48. The molecule has 0 amide bonds. The monoisotopic (exact) mass is 366 g/mol. The molecule has 0 unspecified atom stereocenters. The molecule has 6 heteroatoms. The molecule has 2 aliphatic rings. The summed E-state index contributed by atoms with van der Waals surface area (Å²) in [6, 6.07) is 8.25. The Morgan fingerprint density at radius 1 is 0.960 bits per heavy atom. The number of rotatable bonds is 6. The van der Waals surface area contributed by atoms with Gasteiger partial charge in [-0.3, -0.25) is 0 Å². The summed E-state index contributed by atoms with van der Waals surface area (Å²) in [6.45, 7) is 2.73. The van der Waals surface area contributed by atoms with Crippen molar-refractivity contribution in [3.8, 4) is 5.75 Å². The van der Waals surface area contributed by atoms with Crippen molar-refractivity contribution in [2.45, 2.75) is 44.9 Å². The largest absolute Gasteiger partial charge is 0.497 e. The molecular weight excluding hydrogens is 336 g/mol. The number of ether oxygens (including phenoxy) is 1. The van der Waals surface area contributed by atoms with E-state index in [1.807, 2.05) is 12.1 Å². The van der Waals surface area contributed by atoms with Gasteiger partial charge in [-0.2, -0.15) is 17.0 Å². The van der Waals surface area contributed by atoms with E-state index in [9.17, 15) is 8.42 Å². The Morgan fingerprint density at radius 3 is 2.16 bits per heavy atom. The Labute approximate surface area is 152 Å². The van der Waals surface area contributed by atoms with Gasteiger partial charge in [0.2, 0.25) is 0 Å². The second-order valence-corrected chi connectivity index (χ2v) is 9.13. The SMILES string of the molecule is COc1ccc(CCC2CCN(S(=O)(=O)N3CCCCC3)CC2)cc1. The summed E-state index contributed by atoms with van der Waals surface area (Å²) < 4.78 is 34.0. The number of hydrogen-bond acceptors (Lipinski definition) is 3. The first-order chi connectivity index (χ1) is 12.1. The zero-order chi connectivity index (χ0) is 17.7. The third kappa shape index (κ3) is 4.74. The van der Waals surface area contributed by atoms with Gasteiger partial charge in [-0.15, -0.1) is 0 Å². The van der Waals surface area contributed by atoms with E-state index in [1.165, 1.54) is 5.56 Å². The fourth-order valence-electron chi connectivity index (χ4n) is 3.85. The third-order valence-electron chi connectivity index (χ3n) is 5.54. The van der Waals surface area contributed by atoms with Crippen molar-refractivity contribution in [2.24, 2.45) is 5.92 Å². The number of methoxy groups -OCH3 is 1. The van der Waals surface area contributed by atoms with Crippen molar-refractivity contribution in [3.05, 3.63) is 29.8 Å². The van der Waals surface area contributed by atoms with Crippen LogP contribution in [0.2, 0.25) is 0 Å². The van der Waals surface area contributed by atoms with Crippen LogP contribution >= 0.6 is 0 Å². The van der Waals surface area contributed by atoms with Gasteiger partial charge in [0.25, 0.3) is 10.2 Å². The van der Waals surface area contributed by atoms with Gasteiger partial charge in [0.1, 0.15) is 5.75 Å². The van der Waals surface area contributed by atoms with E-state index < -0.39 is 10.2 Å². The Balaban J connectivity index is 1.46. The summed E-state index contributed by atoms with van der Waals surface area (Å²) >= 11 is 0. The van der Waals surface area contributed by atoms with E-state index in [2.05, 4.69) is 12.1 Å². The van der Waals surface area contributed by atoms with E-state index in [-0.39, 0.29) is 0 Å². The maximum absolute atomic E-state index is 12.7. The van der Waals surface area contributed by atoms with E-state index >= 15 is 0 Å². The molecule has 0 N–H and O–H groups in total. The molecular formula is C19H30N2O3S. The summed E-state index contributed by atoms with van der Waals surface area (Å²) in [5.74, 6) is 1.51. The summed E-state index contributed by atoms with van der Waals surface area (Å²) in [7, 11) is -1.55. The first-order valence-electron chi connectivity index (χ1n) is 9.48. The zero-order valence-electron chi connectivity index (χ0n) is 15.2. The lowest BCUT2D eigenvalue weighted by molar-refractivity contribution is 0.238. The molecule has 0 bridgehead atoms. The molecule has 0 atom stereocenters. The second kappa shape index (κ2) is 8.52. The number of piperidine rings is 2. The molecule has 0 saturated carbocycles. The quantitative estimate of drug-likeness (QED) is 0.777. The van der Waals surface area contributed by atoms with Gasteiger partial charge in [-0.25, -0.2) is 0 Å². The molecule has 2 saturated heterocycles. The number of aryl methyl sites for hydroxylation is 1. The molecule has 5 nitrogen and oxygen atoms in total. The van der Waals surface area contributed by atoms with Gasteiger partial charge in [-0.05, 0) is 62.1 Å². The van der Waals surface area contributed by atoms with Crippen LogP contribution in [-0.4, -0.2) is 50.3 Å². The predicted molar refractivity (Wildman–Crippen MR) is 100.0 cm³/mol. The highest BCUT2D eigenvalue weighted by Gasteiger charge is 2.33. The van der Waals surface area contributed by atoms with E-state index in [1.54, 1.807) is 15.7 Å². The fraction of sp³-hybridized carbons (Fsp3) is 0.684. The second-order valence-electron chi connectivity index (χ2n) is 7.20. The van der Waals surface area contributed by atoms with Gasteiger partial charge in [0.15, 0.2) is 0 Å². The molecule has 0 aliphatic carbocycles. The van der Waals surface area contributed by atoms with Crippen LogP contribution in [0, 0.1) is 5.92 Å². The van der Waals surface area contributed by atoms with E-state index in [0.717, 1.165) is 50.7 Å². The fourth-order valence-corrected chi connectivity index (χ4v) is 5.57. The Bertz CT molecular complexity index is 631. The Morgan fingerprint density at radius 2 is 1.56 bits per heavy atom. The van der Waals surface area contributed by atoms with Crippen LogP contribution < -0.4 is 4.74 Å². The van der Waals surface area contributed by atoms with Gasteiger partial charge < -0.3 is 4.74 Å². The van der Waals surface area contributed by atoms with Crippen molar-refractivity contribution in [3.63, 3.8) is 0 Å². The molecule has 2 aliphatic heterocycles. The number of benzene rings is 1. The van der Waals surface area contributed by atoms with Gasteiger partial charge in [0.05, 0.1) is 7.11 Å². The maximum atomic E-state index is 12.7. The molecule has 0 aromatic heterocycles. The maximum Gasteiger partial charge on any atom is 0.281 e. The van der Waals surface area contributed by atoms with Crippen LogP contribution in [-0.2, 0) is 16.6 Å². The molecule has 2 heterocycles. The molecule has 1 aromatic rings. The highest BCUT2D eigenvalue weighted by Crippen LogP contribution is 2.26. The van der Waals surface area contributed by atoms with Crippen molar-refractivity contribution in [1.29, 1.82) is 0 Å².